The summed E-state index contributed by atoms with van der Waals surface area (Å²) >= 11 is 0. The van der Waals surface area contributed by atoms with E-state index in [4.69, 9.17) is 0 Å². The van der Waals surface area contributed by atoms with Crippen molar-refractivity contribution in [2.45, 2.75) is 39.0 Å². The van der Waals surface area contributed by atoms with Crippen molar-refractivity contribution in [3.63, 3.8) is 0 Å². The van der Waals surface area contributed by atoms with Crippen LogP contribution in [-0.2, 0) is 4.79 Å². The fraction of sp³-hybridized carbons (Fsp3) is 0.682. The van der Waals surface area contributed by atoms with Crippen LogP contribution in [-0.4, -0.2) is 50.1 Å². The van der Waals surface area contributed by atoms with Crippen molar-refractivity contribution >= 4 is 11.6 Å². The maximum Gasteiger partial charge on any atom is 0.223 e. The van der Waals surface area contributed by atoms with Crippen molar-refractivity contribution in [3.05, 3.63) is 29.8 Å². The lowest BCUT2D eigenvalue weighted by molar-refractivity contribution is -0.126. The van der Waals surface area contributed by atoms with E-state index < -0.39 is 0 Å². The summed E-state index contributed by atoms with van der Waals surface area (Å²) in [6.07, 6.45) is 6.18. The molecule has 142 valence electrons. The van der Waals surface area contributed by atoms with Crippen LogP contribution in [0.2, 0.25) is 0 Å². The first-order valence-corrected chi connectivity index (χ1v) is 10.5. The number of carbonyl (C=O) groups excluding carboxylic acids is 1. The molecule has 3 unspecified atom stereocenters. The van der Waals surface area contributed by atoms with Crippen LogP contribution in [0.4, 0.5) is 5.69 Å². The molecule has 1 saturated heterocycles. The zero-order chi connectivity index (χ0) is 17.9. The second-order valence-corrected chi connectivity index (χ2v) is 8.59. The van der Waals surface area contributed by atoms with Gasteiger partial charge in [-0.2, -0.15) is 0 Å². The third-order valence-corrected chi connectivity index (χ3v) is 6.76. The van der Waals surface area contributed by atoms with Crippen molar-refractivity contribution in [1.82, 2.24) is 10.2 Å². The minimum atomic E-state index is 0.326. The van der Waals surface area contributed by atoms with Gasteiger partial charge in [-0.15, -0.1) is 0 Å². The highest BCUT2D eigenvalue weighted by molar-refractivity contribution is 5.79. The maximum atomic E-state index is 12.4. The summed E-state index contributed by atoms with van der Waals surface area (Å²) in [5.74, 6) is 2.20. The van der Waals surface area contributed by atoms with Gasteiger partial charge in [-0.3, -0.25) is 9.69 Å². The maximum absolute atomic E-state index is 12.4. The van der Waals surface area contributed by atoms with Crippen molar-refractivity contribution in [2.75, 3.05) is 44.2 Å². The molecular formula is C22H33N3O. The fourth-order valence-electron chi connectivity index (χ4n) is 5.27. The van der Waals surface area contributed by atoms with Crippen LogP contribution in [0.3, 0.4) is 0 Å². The Morgan fingerprint density at radius 2 is 2.00 bits per heavy atom. The van der Waals surface area contributed by atoms with Gasteiger partial charge in [0.1, 0.15) is 0 Å². The van der Waals surface area contributed by atoms with Crippen LogP contribution in [0.5, 0.6) is 0 Å². The topological polar surface area (TPSA) is 35.6 Å². The van der Waals surface area contributed by atoms with Gasteiger partial charge in [0, 0.05) is 44.3 Å². The summed E-state index contributed by atoms with van der Waals surface area (Å²) < 4.78 is 0. The van der Waals surface area contributed by atoms with Crippen molar-refractivity contribution in [2.24, 2.45) is 17.8 Å². The SMILES string of the molecule is Cc1cccc(N2CCN(CCCNC(=O)C3CC4CCC3C4)CC2)c1. The minimum Gasteiger partial charge on any atom is -0.369 e. The highest BCUT2D eigenvalue weighted by Crippen LogP contribution is 2.48. The molecule has 1 heterocycles. The smallest absolute Gasteiger partial charge is 0.223 e. The van der Waals surface area contributed by atoms with Crippen LogP contribution in [0.15, 0.2) is 24.3 Å². The van der Waals surface area contributed by atoms with Crippen LogP contribution >= 0.6 is 0 Å². The molecule has 1 aliphatic heterocycles. The Bertz CT molecular complexity index is 624. The van der Waals surface area contributed by atoms with Crippen molar-refractivity contribution in [1.29, 1.82) is 0 Å². The Morgan fingerprint density at radius 3 is 2.69 bits per heavy atom. The molecule has 1 N–H and O–H groups in total. The van der Waals surface area contributed by atoms with Gasteiger partial charge in [-0.1, -0.05) is 18.6 Å². The van der Waals surface area contributed by atoms with Gasteiger partial charge < -0.3 is 10.2 Å². The molecule has 2 aliphatic carbocycles. The first kappa shape index (κ1) is 17.8. The number of nitrogens with zero attached hydrogens (tertiary/aromatic N) is 2. The summed E-state index contributed by atoms with van der Waals surface area (Å²) in [5, 5.41) is 3.21. The quantitative estimate of drug-likeness (QED) is 0.797. The molecule has 2 bridgehead atoms. The third kappa shape index (κ3) is 4.06. The molecule has 0 aromatic heterocycles. The number of carbonyl (C=O) groups is 1. The van der Waals surface area contributed by atoms with Crippen LogP contribution in [0.25, 0.3) is 0 Å². The Morgan fingerprint density at radius 1 is 1.15 bits per heavy atom. The summed E-state index contributed by atoms with van der Waals surface area (Å²) in [6, 6.07) is 8.80. The Balaban J connectivity index is 1.13. The van der Waals surface area contributed by atoms with Crippen molar-refractivity contribution < 1.29 is 4.79 Å². The number of aryl methyl sites for hydroxylation is 1. The number of hydrogen-bond donors (Lipinski definition) is 1. The van der Waals surface area contributed by atoms with Crippen LogP contribution in [0, 0.1) is 24.7 Å². The van der Waals surface area contributed by atoms with Gasteiger partial charge in [-0.25, -0.2) is 0 Å². The molecule has 1 amide bonds. The van der Waals surface area contributed by atoms with E-state index in [2.05, 4.69) is 46.3 Å². The standard InChI is InChI=1S/C22H33N3O/c1-17-4-2-5-20(14-17)25-12-10-24(11-13-25)9-3-8-23-22(26)21-16-18-6-7-19(21)15-18/h2,4-5,14,18-19,21H,3,6-13,15-16H2,1H3,(H,23,26). The molecule has 26 heavy (non-hydrogen) atoms. The van der Waals surface area contributed by atoms with E-state index in [0.29, 0.717) is 17.7 Å². The third-order valence-electron chi connectivity index (χ3n) is 6.76. The average Bonchev–Trinajstić information content (AvgIpc) is 3.29. The highest BCUT2D eigenvalue weighted by atomic mass is 16.1. The van der Waals surface area contributed by atoms with E-state index >= 15 is 0 Å². The molecule has 0 radical (unpaired) electrons. The number of fused-ring (bicyclic) bond motifs is 2. The lowest BCUT2D eigenvalue weighted by atomic mass is 9.88. The molecule has 3 atom stereocenters. The molecule has 2 saturated carbocycles. The summed E-state index contributed by atoms with van der Waals surface area (Å²) in [6.45, 7) is 8.53. The molecular weight excluding hydrogens is 322 g/mol. The summed E-state index contributed by atoms with van der Waals surface area (Å²) in [7, 11) is 0. The van der Waals surface area contributed by atoms with E-state index in [1.54, 1.807) is 0 Å². The van der Waals surface area contributed by atoms with E-state index in [9.17, 15) is 4.79 Å². The molecule has 1 aromatic rings. The number of amides is 1. The van der Waals surface area contributed by atoms with E-state index in [0.717, 1.165) is 58.0 Å². The highest BCUT2D eigenvalue weighted by Gasteiger charge is 2.42. The zero-order valence-electron chi connectivity index (χ0n) is 16.1. The lowest BCUT2D eigenvalue weighted by Crippen LogP contribution is -2.47. The Labute approximate surface area is 157 Å². The van der Waals surface area contributed by atoms with Gasteiger partial charge in [0.2, 0.25) is 5.91 Å². The molecule has 1 aromatic carbocycles. The number of nitrogens with one attached hydrogen (secondary N) is 1. The summed E-state index contributed by atoms with van der Waals surface area (Å²) in [5.41, 5.74) is 2.68. The second-order valence-electron chi connectivity index (χ2n) is 8.59. The van der Waals surface area contributed by atoms with Gasteiger partial charge >= 0.3 is 0 Å². The minimum absolute atomic E-state index is 0.326. The Hall–Kier alpha value is -1.55. The van der Waals surface area contributed by atoms with Gasteiger partial charge in [0.05, 0.1) is 0 Å². The van der Waals surface area contributed by atoms with E-state index in [-0.39, 0.29) is 0 Å². The molecule has 3 aliphatic rings. The molecule has 4 nitrogen and oxygen atoms in total. The number of rotatable bonds is 6. The zero-order valence-corrected chi connectivity index (χ0v) is 16.1. The van der Waals surface area contributed by atoms with Crippen LogP contribution in [0.1, 0.15) is 37.7 Å². The van der Waals surface area contributed by atoms with E-state index in [1.165, 1.54) is 30.5 Å². The van der Waals surface area contributed by atoms with Gasteiger partial charge in [0.25, 0.3) is 0 Å². The molecule has 0 spiro atoms. The summed E-state index contributed by atoms with van der Waals surface area (Å²) in [4.78, 5) is 17.4. The lowest BCUT2D eigenvalue weighted by Gasteiger charge is -2.36. The number of hydrogen-bond acceptors (Lipinski definition) is 3. The predicted molar refractivity (Wildman–Crippen MR) is 106 cm³/mol. The second kappa shape index (κ2) is 7.99. The first-order valence-electron chi connectivity index (χ1n) is 10.5. The Kier molecular flexibility index (Phi) is 5.49. The molecule has 4 heteroatoms. The van der Waals surface area contributed by atoms with Gasteiger partial charge in [-0.05, 0) is 68.7 Å². The molecule has 4 rings (SSSR count). The predicted octanol–water partition coefficient (Wildman–Crippen LogP) is 3.06. The first-order chi connectivity index (χ1) is 12.7. The fourth-order valence-corrected chi connectivity index (χ4v) is 5.27. The normalized spacial score (nSPS) is 28.5. The number of piperazine rings is 1. The van der Waals surface area contributed by atoms with E-state index in [1.807, 2.05) is 0 Å². The number of benzene rings is 1. The molecule has 3 fully saturated rings. The van der Waals surface area contributed by atoms with Gasteiger partial charge in [0.15, 0.2) is 0 Å². The number of anilines is 1. The monoisotopic (exact) mass is 355 g/mol. The van der Waals surface area contributed by atoms with Crippen molar-refractivity contribution in [3.8, 4) is 0 Å². The van der Waals surface area contributed by atoms with Crippen LogP contribution < -0.4 is 10.2 Å². The largest absolute Gasteiger partial charge is 0.369 e. The average molecular weight is 356 g/mol.